The number of anilines is 1. The Morgan fingerprint density at radius 2 is 2.17 bits per heavy atom. The molecule has 0 atom stereocenters. The van der Waals surface area contributed by atoms with Gasteiger partial charge in [0, 0.05) is 13.1 Å². The number of unbranched alkanes of at least 4 members (excludes halogenated alkanes) is 1. The molecule has 0 amide bonds. The fourth-order valence-corrected chi connectivity index (χ4v) is 1.76. The summed E-state index contributed by atoms with van der Waals surface area (Å²) in [7, 11) is 0. The average molecular weight is 256 g/mol. The Hall–Kier alpha value is -1.69. The number of nitro benzene ring substituents is 1. The molecule has 0 radical (unpaired) electrons. The number of para-hydroxylation sites is 1. The summed E-state index contributed by atoms with van der Waals surface area (Å²) in [6.07, 6.45) is 1.75. The van der Waals surface area contributed by atoms with Crippen molar-refractivity contribution in [2.75, 3.05) is 24.6 Å². The Balaban J connectivity index is 3.10. The lowest BCUT2D eigenvalue weighted by Crippen LogP contribution is -2.28. The fraction of sp³-hybridized carbons (Fsp3) is 0.500. The minimum absolute atomic E-state index is 0.128. The Bertz CT molecular complexity index is 412. The summed E-state index contributed by atoms with van der Waals surface area (Å²) in [4.78, 5) is 11.8. The molecule has 0 saturated heterocycles. The molecule has 0 aliphatic heterocycles. The highest BCUT2D eigenvalue weighted by Gasteiger charge is 2.23. The molecule has 0 aliphatic rings. The van der Waals surface area contributed by atoms with Crippen LogP contribution in [0, 0.1) is 15.9 Å². The zero-order valence-electron chi connectivity index (χ0n) is 10.3. The van der Waals surface area contributed by atoms with E-state index in [-0.39, 0.29) is 18.8 Å². The van der Waals surface area contributed by atoms with Gasteiger partial charge in [-0.1, -0.05) is 19.4 Å². The van der Waals surface area contributed by atoms with E-state index in [9.17, 15) is 14.5 Å². The van der Waals surface area contributed by atoms with Gasteiger partial charge >= 0.3 is 5.69 Å². The number of nitrogens with zero attached hydrogens (tertiary/aromatic N) is 2. The quantitative estimate of drug-likeness (QED) is 0.600. The van der Waals surface area contributed by atoms with Gasteiger partial charge < -0.3 is 10.0 Å². The molecule has 0 saturated carbocycles. The van der Waals surface area contributed by atoms with Crippen LogP contribution >= 0.6 is 0 Å². The fourth-order valence-electron chi connectivity index (χ4n) is 1.76. The van der Waals surface area contributed by atoms with Crippen molar-refractivity contribution in [1.82, 2.24) is 0 Å². The smallest absolute Gasteiger partial charge is 0.327 e. The van der Waals surface area contributed by atoms with Gasteiger partial charge in [0.05, 0.1) is 11.5 Å². The van der Waals surface area contributed by atoms with Crippen LogP contribution in [-0.2, 0) is 0 Å². The van der Waals surface area contributed by atoms with Gasteiger partial charge in [-0.2, -0.15) is 4.39 Å². The maximum Gasteiger partial charge on any atom is 0.327 e. The first-order valence-corrected chi connectivity index (χ1v) is 5.90. The lowest BCUT2D eigenvalue weighted by Gasteiger charge is -2.23. The molecule has 1 aromatic carbocycles. The molecule has 6 heteroatoms. The van der Waals surface area contributed by atoms with Crippen LogP contribution in [0.2, 0.25) is 0 Å². The van der Waals surface area contributed by atoms with Crippen LogP contribution in [0.3, 0.4) is 0 Å². The van der Waals surface area contributed by atoms with Crippen molar-refractivity contribution >= 4 is 11.4 Å². The van der Waals surface area contributed by atoms with Gasteiger partial charge in [0.2, 0.25) is 5.82 Å². The predicted octanol–water partition coefficient (Wildman–Crippen LogP) is 2.33. The van der Waals surface area contributed by atoms with E-state index in [4.69, 9.17) is 5.11 Å². The number of benzene rings is 1. The number of aliphatic hydroxyl groups is 1. The Morgan fingerprint density at radius 3 is 2.72 bits per heavy atom. The van der Waals surface area contributed by atoms with Gasteiger partial charge in [-0.15, -0.1) is 0 Å². The van der Waals surface area contributed by atoms with E-state index < -0.39 is 16.4 Å². The zero-order chi connectivity index (χ0) is 13.5. The molecule has 0 aromatic heterocycles. The maximum atomic E-state index is 13.5. The second-order valence-electron chi connectivity index (χ2n) is 3.93. The summed E-state index contributed by atoms with van der Waals surface area (Å²) in [6.45, 7) is 2.68. The van der Waals surface area contributed by atoms with Crippen LogP contribution in [0.25, 0.3) is 0 Å². The van der Waals surface area contributed by atoms with E-state index in [1.807, 2.05) is 6.92 Å². The van der Waals surface area contributed by atoms with E-state index in [0.29, 0.717) is 6.54 Å². The van der Waals surface area contributed by atoms with E-state index in [0.717, 1.165) is 18.9 Å². The minimum Gasteiger partial charge on any atom is -0.395 e. The minimum atomic E-state index is -0.850. The van der Waals surface area contributed by atoms with Gasteiger partial charge in [0.15, 0.2) is 0 Å². The number of hydrogen-bond donors (Lipinski definition) is 1. The molecule has 1 aromatic rings. The maximum absolute atomic E-state index is 13.5. The van der Waals surface area contributed by atoms with Crippen LogP contribution in [0.4, 0.5) is 15.8 Å². The SMILES string of the molecule is CCCCN(CCO)c1cccc(F)c1[N+](=O)[O-]. The molecule has 5 nitrogen and oxygen atoms in total. The molecule has 0 bridgehead atoms. The molecule has 0 aliphatic carbocycles. The summed E-state index contributed by atoms with van der Waals surface area (Å²) < 4.78 is 13.5. The van der Waals surface area contributed by atoms with Crippen LogP contribution in [-0.4, -0.2) is 29.7 Å². The van der Waals surface area contributed by atoms with Crippen molar-refractivity contribution in [1.29, 1.82) is 0 Å². The largest absolute Gasteiger partial charge is 0.395 e. The van der Waals surface area contributed by atoms with E-state index >= 15 is 0 Å². The molecule has 1 N–H and O–H groups in total. The third-order valence-electron chi connectivity index (χ3n) is 2.64. The first kappa shape index (κ1) is 14.4. The molecule has 100 valence electrons. The number of rotatable bonds is 7. The number of nitro groups is 1. The topological polar surface area (TPSA) is 66.6 Å². The second-order valence-corrected chi connectivity index (χ2v) is 3.93. The number of aliphatic hydroxyl groups excluding tert-OH is 1. The summed E-state index contributed by atoms with van der Waals surface area (Å²) >= 11 is 0. The lowest BCUT2D eigenvalue weighted by atomic mass is 10.2. The van der Waals surface area contributed by atoms with Crippen molar-refractivity contribution in [2.24, 2.45) is 0 Å². The van der Waals surface area contributed by atoms with E-state index in [2.05, 4.69) is 0 Å². The van der Waals surface area contributed by atoms with E-state index in [1.54, 1.807) is 4.90 Å². The summed E-state index contributed by atoms with van der Waals surface area (Å²) in [5, 5.41) is 19.9. The van der Waals surface area contributed by atoms with Gasteiger partial charge in [-0.05, 0) is 18.6 Å². The normalized spacial score (nSPS) is 10.4. The highest BCUT2D eigenvalue weighted by atomic mass is 19.1. The highest BCUT2D eigenvalue weighted by molar-refractivity contribution is 5.63. The zero-order valence-corrected chi connectivity index (χ0v) is 10.3. The van der Waals surface area contributed by atoms with Gasteiger partial charge in [0.1, 0.15) is 5.69 Å². The van der Waals surface area contributed by atoms with Gasteiger partial charge in [-0.3, -0.25) is 10.1 Å². The highest BCUT2D eigenvalue weighted by Crippen LogP contribution is 2.30. The number of halogens is 1. The van der Waals surface area contributed by atoms with Crippen molar-refractivity contribution < 1.29 is 14.4 Å². The first-order valence-electron chi connectivity index (χ1n) is 5.90. The van der Waals surface area contributed by atoms with Gasteiger partial charge in [0.25, 0.3) is 0 Å². The molecular formula is C12H17FN2O3. The number of hydrogen-bond acceptors (Lipinski definition) is 4. The van der Waals surface area contributed by atoms with Crippen LogP contribution < -0.4 is 4.90 Å². The molecular weight excluding hydrogens is 239 g/mol. The Morgan fingerprint density at radius 1 is 1.44 bits per heavy atom. The van der Waals surface area contributed by atoms with Crippen LogP contribution in [0.1, 0.15) is 19.8 Å². The van der Waals surface area contributed by atoms with Crippen molar-refractivity contribution in [3.8, 4) is 0 Å². The predicted molar refractivity (Wildman–Crippen MR) is 67.3 cm³/mol. The van der Waals surface area contributed by atoms with Crippen LogP contribution in [0.15, 0.2) is 18.2 Å². The van der Waals surface area contributed by atoms with Crippen molar-refractivity contribution in [3.63, 3.8) is 0 Å². The molecule has 0 heterocycles. The molecule has 1 rings (SSSR count). The van der Waals surface area contributed by atoms with Crippen LogP contribution in [0.5, 0.6) is 0 Å². The van der Waals surface area contributed by atoms with Crippen molar-refractivity contribution in [2.45, 2.75) is 19.8 Å². The molecule has 0 unspecified atom stereocenters. The van der Waals surface area contributed by atoms with Gasteiger partial charge in [-0.25, -0.2) is 0 Å². The third kappa shape index (κ3) is 3.40. The summed E-state index contributed by atoms with van der Waals surface area (Å²) in [6, 6.07) is 4.01. The second kappa shape index (κ2) is 6.90. The Kier molecular flexibility index (Phi) is 5.51. The monoisotopic (exact) mass is 256 g/mol. The van der Waals surface area contributed by atoms with Crippen molar-refractivity contribution in [3.05, 3.63) is 34.1 Å². The molecule has 0 fully saturated rings. The standard InChI is InChI=1S/C12H17FN2O3/c1-2-3-7-14(8-9-16)11-6-4-5-10(13)12(11)15(17)18/h4-6,16H,2-3,7-9H2,1H3. The summed E-state index contributed by atoms with van der Waals surface area (Å²) in [5.41, 5.74) is -0.301. The summed E-state index contributed by atoms with van der Waals surface area (Å²) in [5.74, 6) is -0.850. The lowest BCUT2D eigenvalue weighted by molar-refractivity contribution is -0.386. The third-order valence-corrected chi connectivity index (χ3v) is 2.64. The molecule has 0 spiro atoms. The average Bonchev–Trinajstić information content (AvgIpc) is 2.33. The molecule has 18 heavy (non-hydrogen) atoms. The van der Waals surface area contributed by atoms with E-state index in [1.165, 1.54) is 12.1 Å². The Labute approximate surface area is 105 Å². The first-order chi connectivity index (χ1) is 8.61.